The Labute approximate surface area is 245 Å². The van der Waals surface area contributed by atoms with E-state index in [2.05, 4.69) is 10.6 Å². The number of carbonyl (C=O) groups excluding carboxylic acids is 3. The molecule has 0 saturated heterocycles. The Balaban J connectivity index is 1.72. The average Bonchev–Trinajstić information content (AvgIpc) is 2.99. The second kappa shape index (κ2) is 13.4. The van der Waals surface area contributed by atoms with E-state index < -0.39 is 5.97 Å². The molecule has 0 heterocycles. The van der Waals surface area contributed by atoms with E-state index in [4.69, 9.17) is 15.9 Å². The molecule has 4 aromatic rings. The van der Waals surface area contributed by atoms with E-state index in [0.29, 0.717) is 40.0 Å². The third kappa shape index (κ3) is 7.48. The van der Waals surface area contributed by atoms with Gasteiger partial charge in [0.1, 0.15) is 12.4 Å². The van der Waals surface area contributed by atoms with Crippen molar-refractivity contribution < 1.29 is 19.1 Å². The van der Waals surface area contributed by atoms with E-state index in [9.17, 15) is 14.4 Å². The Bertz CT molecular complexity index is 1610. The number of ether oxygens (including phenoxy) is 1. The first-order valence-electron chi connectivity index (χ1n) is 13.6. The Morgan fingerprint density at radius 3 is 2.12 bits per heavy atom. The van der Waals surface area contributed by atoms with Gasteiger partial charge in [-0.15, -0.1) is 0 Å². The highest BCUT2D eigenvalue weighted by molar-refractivity contribution is 6.11. The molecule has 0 radical (unpaired) electrons. The first-order valence-corrected chi connectivity index (χ1v) is 13.6. The van der Waals surface area contributed by atoms with Crippen LogP contribution in [0.5, 0.6) is 0 Å². The van der Waals surface area contributed by atoms with Crippen LogP contribution in [0.3, 0.4) is 0 Å². The molecule has 0 fully saturated rings. The number of hydrogen-bond donors (Lipinski definition) is 4. The SMILES string of the molecule is Cc1ccc(-c2ccc(C(=O)NCC(C)C)cc2C(=O)OCc2ccccc2)c(C(=O)Nc2ccc(C(=N)N)cc2)c1. The van der Waals surface area contributed by atoms with Crippen LogP contribution in [0.4, 0.5) is 5.69 Å². The van der Waals surface area contributed by atoms with Crippen LogP contribution in [0.2, 0.25) is 0 Å². The summed E-state index contributed by atoms with van der Waals surface area (Å²) in [6.07, 6.45) is 0. The normalized spacial score (nSPS) is 10.7. The van der Waals surface area contributed by atoms with E-state index in [-0.39, 0.29) is 35.7 Å². The fourth-order valence-corrected chi connectivity index (χ4v) is 4.30. The number of aryl methyl sites for hydroxylation is 1. The van der Waals surface area contributed by atoms with Crippen LogP contribution >= 0.6 is 0 Å². The number of carbonyl (C=O) groups is 3. The Hall–Kier alpha value is -5.24. The average molecular weight is 563 g/mol. The van der Waals surface area contributed by atoms with Gasteiger partial charge < -0.3 is 21.1 Å². The molecule has 4 aromatic carbocycles. The van der Waals surface area contributed by atoms with Crippen LogP contribution < -0.4 is 16.4 Å². The number of rotatable bonds is 10. The molecule has 0 bridgehead atoms. The monoisotopic (exact) mass is 562 g/mol. The summed E-state index contributed by atoms with van der Waals surface area (Å²) in [5.74, 6) is -1.10. The molecule has 0 aliphatic heterocycles. The third-order valence-corrected chi connectivity index (χ3v) is 6.55. The highest BCUT2D eigenvalue weighted by Crippen LogP contribution is 2.31. The molecule has 8 nitrogen and oxygen atoms in total. The van der Waals surface area contributed by atoms with Crippen molar-refractivity contribution >= 4 is 29.3 Å². The van der Waals surface area contributed by atoms with E-state index in [1.807, 2.05) is 57.2 Å². The number of nitrogens with two attached hydrogens (primary N) is 1. The molecular formula is C34H34N4O4. The summed E-state index contributed by atoms with van der Waals surface area (Å²) in [4.78, 5) is 39.9. The summed E-state index contributed by atoms with van der Waals surface area (Å²) < 4.78 is 5.66. The van der Waals surface area contributed by atoms with Crippen LogP contribution in [0.1, 0.15) is 61.6 Å². The topological polar surface area (TPSA) is 134 Å². The number of amidine groups is 1. The minimum Gasteiger partial charge on any atom is -0.457 e. The smallest absolute Gasteiger partial charge is 0.339 e. The molecule has 2 amide bonds. The van der Waals surface area contributed by atoms with Crippen molar-refractivity contribution in [2.45, 2.75) is 27.4 Å². The zero-order valence-corrected chi connectivity index (χ0v) is 23.9. The van der Waals surface area contributed by atoms with Gasteiger partial charge in [-0.05, 0) is 72.0 Å². The Morgan fingerprint density at radius 1 is 0.810 bits per heavy atom. The van der Waals surface area contributed by atoms with Crippen LogP contribution in [-0.4, -0.2) is 30.2 Å². The van der Waals surface area contributed by atoms with Gasteiger partial charge in [0.2, 0.25) is 0 Å². The Morgan fingerprint density at radius 2 is 1.45 bits per heavy atom. The molecule has 8 heteroatoms. The molecule has 4 rings (SSSR count). The summed E-state index contributed by atoms with van der Waals surface area (Å²) in [6.45, 7) is 6.42. The van der Waals surface area contributed by atoms with Gasteiger partial charge >= 0.3 is 5.97 Å². The summed E-state index contributed by atoms with van der Waals surface area (Å²) in [5.41, 5.74) is 10.1. The van der Waals surface area contributed by atoms with Gasteiger partial charge in [-0.2, -0.15) is 0 Å². The van der Waals surface area contributed by atoms with Gasteiger partial charge in [0.25, 0.3) is 11.8 Å². The molecule has 0 aliphatic carbocycles. The standard InChI is InChI=1S/C34H34N4O4/c1-21(2)19-37-32(39)25-12-16-28(30(18-25)34(41)42-20-23-7-5-4-6-8-23)27-15-9-22(3)17-29(27)33(40)38-26-13-10-24(11-14-26)31(35)36/h4-18,21H,19-20H2,1-3H3,(H3,35,36)(H,37,39)(H,38,40). The Kier molecular flexibility index (Phi) is 9.50. The van der Waals surface area contributed by atoms with Crippen molar-refractivity contribution in [1.82, 2.24) is 5.32 Å². The fraction of sp³-hybridized carbons (Fsp3) is 0.176. The van der Waals surface area contributed by atoms with Crippen molar-refractivity contribution in [3.8, 4) is 11.1 Å². The maximum Gasteiger partial charge on any atom is 0.339 e. The molecule has 0 unspecified atom stereocenters. The van der Waals surface area contributed by atoms with Crippen LogP contribution in [0.25, 0.3) is 11.1 Å². The van der Waals surface area contributed by atoms with Crippen LogP contribution in [0.15, 0.2) is 91.0 Å². The molecule has 0 aromatic heterocycles. The molecule has 5 N–H and O–H groups in total. The lowest BCUT2D eigenvalue weighted by Crippen LogP contribution is -2.27. The quantitative estimate of drug-likeness (QED) is 0.108. The molecule has 42 heavy (non-hydrogen) atoms. The molecule has 0 spiro atoms. The largest absolute Gasteiger partial charge is 0.457 e. The molecule has 0 aliphatic rings. The predicted molar refractivity (Wildman–Crippen MR) is 165 cm³/mol. The lowest BCUT2D eigenvalue weighted by molar-refractivity contribution is 0.0473. The van der Waals surface area contributed by atoms with Crippen molar-refractivity contribution in [2.24, 2.45) is 11.7 Å². The first-order chi connectivity index (χ1) is 20.1. The van der Waals surface area contributed by atoms with Gasteiger partial charge in [0, 0.05) is 28.9 Å². The van der Waals surface area contributed by atoms with Gasteiger partial charge in [0.05, 0.1) is 5.56 Å². The maximum atomic E-state index is 13.5. The van der Waals surface area contributed by atoms with Gasteiger partial charge in [-0.25, -0.2) is 4.79 Å². The number of benzene rings is 4. The molecule has 0 saturated carbocycles. The van der Waals surface area contributed by atoms with E-state index >= 15 is 0 Å². The molecule has 0 atom stereocenters. The summed E-state index contributed by atoms with van der Waals surface area (Å²) in [7, 11) is 0. The lowest BCUT2D eigenvalue weighted by Gasteiger charge is -2.16. The highest BCUT2D eigenvalue weighted by Gasteiger charge is 2.22. The summed E-state index contributed by atoms with van der Waals surface area (Å²) in [5, 5.41) is 13.3. The fourth-order valence-electron chi connectivity index (χ4n) is 4.30. The number of hydrogen-bond acceptors (Lipinski definition) is 5. The van der Waals surface area contributed by atoms with Crippen molar-refractivity contribution in [3.05, 3.63) is 124 Å². The number of nitrogen functional groups attached to an aromatic ring is 1. The second-order valence-electron chi connectivity index (χ2n) is 10.4. The second-order valence-corrected chi connectivity index (χ2v) is 10.4. The van der Waals surface area contributed by atoms with Crippen molar-refractivity contribution in [3.63, 3.8) is 0 Å². The molecule has 214 valence electrons. The van der Waals surface area contributed by atoms with E-state index in [1.165, 1.54) is 6.07 Å². The van der Waals surface area contributed by atoms with E-state index in [1.54, 1.807) is 48.5 Å². The number of nitrogens with one attached hydrogen (secondary N) is 3. The minimum absolute atomic E-state index is 0.0559. The number of esters is 1. The van der Waals surface area contributed by atoms with Gasteiger partial charge in [-0.3, -0.25) is 15.0 Å². The first kappa shape index (κ1) is 29.7. The van der Waals surface area contributed by atoms with Gasteiger partial charge in [-0.1, -0.05) is 67.9 Å². The zero-order chi connectivity index (χ0) is 30.2. The van der Waals surface area contributed by atoms with Crippen LogP contribution in [0, 0.1) is 18.3 Å². The zero-order valence-electron chi connectivity index (χ0n) is 23.9. The predicted octanol–water partition coefficient (Wildman–Crippen LogP) is 5.94. The minimum atomic E-state index is -0.612. The van der Waals surface area contributed by atoms with Gasteiger partial charge in [0.15, 0.2) is 0 Å². The maximum absolute atomic E-state index is 13.5. The van der Waals surface area contributed by atoms with Crippen molar-refractivity contribution in [1.29, 1.82) is 5.41 Å². The number of amides is 2. The summed E-state index contributed by atoms with van der Waals surface area (Å²) >= 11 is 0. The number of anilines is 1. The van der Waals surface area contributed by atoms with Crippen LogP contribution in [-0.2, 0) is 11.3 Å². The lowest BCUT2D eigenvalue weighted by atomic mass is 9.92. The molecular weight excluding hydrogens is 528 g/mol. The highest BCUT2D eigenvalue weighted by atomic mass is 16.5. The van der Waals surface area contributed by atoms with Crippen molar-refractivity contribution in [2.75, 3.05) is 11.9 Å². The summed E-state index contributed by atoms with van der Waals surface area (Å²) in [6, 6.07) is 26.2. The van der Waals surface area contributed by atoms with E-state index in [0.717, 1.165) is 11.1 Å². The third-order valence-electron chi connectivity index (χ3n) is 6.55.